The van der Waals surface area contributed by atoms with Crippen molar-refractivity contribution in [2.45, 2.75) is 0 Å². The number of para-hydroxylation sites is 2. The van der Waals surface area contributed by atoms with Crippen molar-refractivity contribution in [3.63, 3.8) is 0 Å². The zero-order chi connectivity index (χ0) is 25.6. The predicted molar refractivity (Wildman–Crippen MR) is 162 cm³/mol. The van der Waals surface area contributed by atoms with Gasteiger partial charge in [0.05, 0.1) is 11.0 Å². The molecule has 0 aliphatic rings. The van der Waals surface area contributed by atoms with Gasteiger partial charge in [0.15, 0.2) is 11.6 Å². The van der Waals surface area contributed by atoms with E-state index in [0.29, 0.717) is 0 Å². The second kappa shape index (κ2) is 9.39. The maximum absolute atomic E-state index is 4.65. The molecule has 0 amide bonds. The first-order valence-corrected chi connectivity index (χ1v) is 13.8. The lowest BCUT2D eigenvalue weighted by molar-refractivity contribution is 1.06. The fourth-order valence-electron chi connectivity index (χ4n) is 5.10. The molecule has 0 bridgehead atoms. The van der Waals surface area contributed by atoms with Crippen LogP contribution in [0.5, 0.6) is 0 Å². The van der Waals surface area contributed by atoms with Gasteiger partial charge >= 0.3 is 0 Å². The van der Waals surface area contributed by atoms with Gasteiger partial charge < -0.3 is 4.57 Å². The predicted octanol–water partition coefficient (Wildman–Crippen LogP) is 9.22. The SMILES string of the molecule is Brc1ccc(Br)c(-c2nnc(-c3ccccc3)n2-c2ccc(-n3c4ccccc4c4ccccc43)cc2)c1. The van der Waals surface area contributed by atoms with Crippen molar-refractivity contribution >= 4 is 53.7 Å². The lowest BCUT2D eigenvalue weighted by atomic mass is 10.1. The summed E-state index contributed by atoms with van der Waals surface area (Å²) in [7, 11) is 0. The van der Waals surface area contributed by atoms with Gasteiger partial charge in [-0.25, -0.2) is 0 Å². The first-order chi connectivity index (χ1) is 18.7. The number of nitrogens with zero attached hydrogens (tertiary/aromatic N) is 4. The summed E-state index contributed by atoms with van der Waals surface area (Å²) < 4.78 is 6.38. The Morgan fingerprint density at radius 1 is 0.500 bits per heavy atom. The number of fused-ring (bicyclic) bond motifs is 3. The standard InChI is InChI=1S/C32H20Br2N4/c33-22-14-19-28(34)27(20-22)32-36-35-31(21-8-2-1-3-9-21)38(32)24-17-15-23(16-18-24)37-29-12-6-4-10-25(29)26-11-5-7-13-30(26)37/h1-20H. The number of hydrogen-bond donors (Lipinski definition) is 0. The highest BCUT2D eigenvalue weighted by Crippen LogP contribution is 2.36. The Balaban J connectivity index is 1.43. The second-order valence-corrected chi connectivity index (χ2v) is 10.8. The number of benzene rings is 5. The van der Waals surface area contributed by atoms with Crippen molar-refractivity contribution in [3.8, 4) is 34.2 Å². The van der Waals surface area contributed by atoms with Crippen molar-refractivity contribution in [3.05, 3.63) is 130 Å². The number of halogens is 2. The van der Waals surface area contributed by atoms with E-state index in [9.17, 15) is 0 Å². The Morgan fingerprint density at radius 3 is 1.71 bits per heavy atom. The fraction of sp³-hybridized carbons (Fsp3) is 0. The smallest absolute Gasteiger partial charge is 0.170 e. The van der Waals surface area contributed by atoms with Crippen molar-refractivity contribution < 1.29 is 0 Å². The van der Waals surface area contributed by atoms with E-state index in [1.54, 1.807) is 0 Å². The van der Waals surface area contributed by atoms with Crippen LogP contribution in [0.2, 0.25) is 0 Å². The van der Waals surface area contributed by atoms with E-state index in [-0.39, 0.29) is 0 Å². The molecule has 0 atom stereocenters. The van der Waals surface area contributed by atoms with Crippen molar-refractivity contribution in [1.82, 2.24) is 19.3 Å². The lowest BCUT2D eigenvalue weighted by Crippen LogP contribution is -2.02. The molecule has 5 aromatic carbocycles. The van der Waals surface area contributed by atoms with Crippen LogP contribution >= 0.6 is 31.9 Å². The fourth-order valence-corrected chi connectivity index (χ4v) is 5.88. The first kappa shape index (κ1) is 23.1. The van der Waals surface area contributed by atoms with Crippen LogP contribution in [0.1, 0.15) is 0 Å². The van der Waals surface area contributed by atoms with Crippen molar-refractivity contribution in [2.24, 2.45) is 0 Å². The molecule has 0 radical (unpaired) electrons. The quantitative estimate of drug-likeness (QED) is 0.197. The topological polar surface area (TPSA) is 35.6 Å². The summed E-state index contributed by atoms with van der Waals surface area (Å²) in [6.45, 7) is 0. The van der Waals surface area contributed by atoms with Gasteiger partial charge in [-0.2, -0.15) is 0 Å². The molecule has 0 aliphatic carbocycles. The minimum absolute atomic E-state index is 0.765. The largest absolute Gasteiger partial charge is 0.309 e. The Labute approximate surface area is 236 Å². The summed E-state index contributed by atoms with van der Waals surface area (Å²) in [5, 5.41) is 11.8. The van der Waals surface area contributed by atoms with Crippen LogP contribution in [-0.2, 0) is 0 Å². The van der Waals surface area contributed by atoms with Gasteiger partial charge in [0.1, 0.15) is 0 Å². The van der Waals surface area contributed by atoms with Gasteiger partial charge in [-0.15, -0.1) is 10.2 Å². The maximum atomic E-state index is 4.65. The molecular formula is C32H20Br2N4. The van der Waals surface area contributed by atoms with Crippen LogP contribution in [-0.4, -0.2) is 19.3 Å². The summed E-state index contributed by atoms with van der Waals surface area (Å²) >= 11 is 7.33. The zero-order valence-electron chi connectivity index (χ0n) is 20.1. The number of rotatable bonds is 4. The van der Waals surface area contributed by atoms with Crippen molar-refractivity contribution in [1.29, 1.82) is 0 Å². The first-order valence-electron chi connectivity index (χ1n) is 12.2. The highest BCUT2D eigenvalue weighted by Gasteiger charge is 2.20. The number of hydrogen-bond acceptors (Lipinski definition) is 2. The Bertz CT molecular complexity index is 1880. The number of aromatic nitrogens is 4. The minimum atomic E-state index is 0.765. The van der Waals surface area contributed by atoms with Gasteiger partial charge in [-0.1, -0.05) is 98.6 Å². The Hall–Kier alpha value is -4.00. The molecular weight excluding hydrogens is 600 g/mol. The molecule has 0 aliphatic heterocycles. The normalized spacial score (nSPS) is 11.4. The van der Waals surface area contributed by atoms with Gasteiger partial charge in [0.25, 0.3) is 0 Å². The molecule has 6 heteroatoms. The Kier molecular flexibility index (Phi) is 5.72. The monoisotopic (exact) mass is 618 g/mol. The van der Waals surface area contributed by atoms with Crippen LogP contribution < -0.4 is 0 Å². The highest BCUT2D eigenvalue weighted by molar-refractivity contribution is 9.11. The van der Waals surface area contributed by atoms with E-state index in [1.165, 1.54) is 21.8 Å². The van der Waals surface area contributed by atoms with Gasteiger partial charge in [0.2, 0.25) is 0 Å². The summed E-state index contributed by atoms with van der Waals surface area (Å²) in [6.07, 6.45) is 0. The molecule has 0 saturated carbocycles. The molecule has 2 heterocycles. The lowest BCUT2D eigenvalue weighted by Gasteiger charge is -2.14. The second-order valence-electron chi connectivity index (χ2n) is 9.06. The summed E-state index contributed by atoms with van der Waals surface area (Å²) in [5.74, 6) is 1.55. The summed E-state index contributed by atoms with van der Waals surface area (Å²) in [6, 6.07) is 42.0. The molecule has 4 nitrogen and oxygen atoms in total. The molecule has 7 aromatic rings. The van der Waals surface area contributed by atoms with E-state index in [1.807, 2.05) is 30.3 Å². The summed E-state index contributed by atoms with van der Waals surface area (Å²) in [4.78, 5) is 0. The molecule has 2 aromatic heterocycles. The molecule has 0 fully saturated rings. The van der Waals surface area contributed by atoms with Crippen LogP contribution in [0.4, 0.5) is 0 Å². The highest BCUT2D eigenvalue weighted by atomic mass is 79.9. The molecule has 0 N–H and O–H groups in total. The average molecular weight is 620 g/mol. The van der Waals surface area contributed by atoms with E-state index in [2.05, 4.69) is 142 Å². The zero-order valence-corrected chi connectivity index (χ0v) is 23.3. The van der Waals surface area contributed by atoms with Gasteiger partial charge in [0, 0.05) is 42.2 Å². The van der Waals surface area contributed by atoms with Crippen LogP contribution in [0.25, 0.3) is 56.0 Å². The minimum Gasteiger partial charge on any atom is -0.309 e. The van der Waals surface area contributed by atoms with E-state index in [4.69, 9.17) is 0 Å². The maximum Gasteiger partial charge on any atom is 0.170 e. The third kappa shape index (κ3) is 3.80. The van der Waals surface area contributed by atoms with E-state index < -0.39 is 0 Å². The molecule has 182 valence electrons. The van der Waals surface area contributed by atoms with Crippen LogP contribution in [0, 0.1) is 0 Å². The van der Waals surface area contributed by atoms with E-state index >= 15 is 0 Å². The van der Waals surface area contributed by atoms with Crippen LogP contribution in [0.3, 0.4) is 0 Å². The third-order valence-corrected chi connectivity index (χ3v) is 8.00. The molecule has 0 saturated heterocycles. The van der Waals surface area contributed by atoms with Gasteiger partial charge in [-0.3, -0.25) is 4.57 Å². The Morgan fingerprint density at radius 2 is 1.05 bits per heavy atom. The average Bonchev–Trinajstić information content (AvgIpc) is 3.55. The van der Waals surface area contributed by atoms with Crippen molar-refractivity contribution in [2.75, 3.05) is 0 Å². The third-order valence-electron chi connectivity index (χ3n) is 6.81. The molecule has 0 spiro atoms. The van der Waals surface area contributed by atoms with E-state index in [0.717, 1.165) is 43.1 Å². The summed E-state index contributed by atoms with van der Waals surface area (Å²) in [5.41, 5.74) is 6.43. The molecule has 38 heavy (non-hydrogen) atoms. The molecule has 0 unspecified atom stereocenters. The van der Waals surface area contributed by atoms with Gasteiger partial charge in [-0.05, 0) is 54.6 Å². The molecule has 7 rings (SSSR count). The van der Waals surface area contributed by atoms with Crippen LogP contribution in [0.15, 0.2) is 130 Å².